The molecule has 3 nitrogen and oxygen atoms in total. The predicted octanol–water partition coefficient (Wildman–Crippen LogP) is 2.87. The molecular formula is C14H21BrN2O. The summed E-state index contributed by atoms with van der Waals surface area (Å²) in [4.78, 5) is 11.6. The second-order valence-corrected chi connectivity index (χ2v) is 5.68. The average Bonchev–Trinajstić information content (AvgIpc) is 2.34. The zero-order chi connectivity index (χ0) is 13.5. The third-order valence-corrected chi connectivity index (χ3v) is 3.37. The minimum Gasteiger partial charge on any atom is -0.355 e. The fourth-order valence-electron chi connectivity index (χ4n) is 1.56. The minimum absolute atomic E-state index is 0.0441. The molecule has 100 valence electrons. The maximum absolute atomic E-state index is 11.6. The molecule has 0 aromatic heterocycles. The predicted molar refractivity (Wildman–Crippen MR) is 78.4 cm³/mol. The molecule has 1 aromatic carbocycles. The molecule has 0 saturated heterocycles. The van der Waals surface area contributed by atoms with Gasteiger partial charge in [0.15, 0.2) is 0 Å². The number of carbonyl (C=O) groups excluding carboxylic acids is 1. The van der Waals surface area contributed by atoms with Crippen LogP contribution in [0.5, 0.6) is 0 Å². The van der Waals surface area contributed by atoms with E-state index in [1.54, 1.807) is 0 Å². The Kier molecular flexibility index (Phi) is 6.36. The van der Waals surface area contributed by atoms with Crippen LogP contribution >= 0.6 is 15.9 Å². The average molecular weight is 313 g/mol. The number of benzene rings is 1. The van der Waals surface area contributed by atoms with Crippen LogP contribution in [-0.4, -0.2) is 19.0 Å². The highest BCUT2D eigenvalue weighted by atomic mass is 79.9. The molecule has 0 fully saturated rings. The third kappa shape index (κ3) is 5.19. The van der Waals surface area contributed by atoms with Gasteiger partial charge < -0.3 is 10.6 Å². The van der Waals surface area contributed by atoms with E-state index in [0.717, 1.165) is 16.6 Å². The molecule has 0 radical (unpaired) electrons. The summed E-state index contributed by atoms with van der Waals surface area (Å²) in [5.41, 5.74) is 1.16. The van der Waals surface area contributed by atoms with Crippen LogP contribution in [0, 0.1) is 5.92 Å². The van der Waals surface area contributed by atoms with Crippen molar-refractivity contribution < 1.29 is 4.79 Å². The molecule has 0 aliphatic heterocycles. The highest BCUT2D eigenvalue weighted by molar-refractivity contribution is 9.10. The van der Waals surface area contributed by atoms with Gasteiger partial charge in [-0.05, 0) is 24.5 Å². The van der Waals surface area contributed by atoms with Gasteiger partial charge >= 0.3 is 0 Å². The number of hydrogen-bond donors (Lipinski definition) is 2. The molecule has 4 heteroatoms. The standard InChI is InChI=1S/C14H21BrN2O/c1-10(2)8-17-14(18)9-16-11(3)12-6-4-5-7-13(12)15/h4-7,10-11,16H,8-9H2,1-3H3,(H,17,18)/t11-/m1/s1. The van der Waals surface area contributed by atoms with Crippen LogP contribution < -0.4 is 10.6 Å². The largest absolute Gasteiger partial charge is 0.355 e. The normalized spacial score (nSPS) is 12.5. The Balaban J connectivity index is 2.39. The van der Waals surface area contributed by atoms with Crippen LogP contribution in [0.25, 0.3) is 0 Å². The number of amides is 1. The van der Waals surface area contributed by atoms with Crippen LogP contribution in [0.1, 0.15) is 32.4 Å². The Morgan fingerprint density at radius 1 is 1.28 bits per heavy atom. The molecular weight excluding hydrogens is 292 g/mol. The Morgan fingerprint density at radius 2 is 1.94 bits per heavy atom. The summed E-state index contributed by atoms with van der Waals surface area (Å²) in [6.45, 7) is 7.28. The second kappa shape index (κ2) is 7.54. The zero-order valence-electron chi connectivity index (χ0n) is 11.2. The number of nitrogens with one attached hydrogen (secondary N) is 2. The molecule has 0 spiro atoms. The summed E-state index contributed by atoms with van der Waals surface area (Å²) < 4.78 is 1.06. The van der Waals surface area contributed by atoms with E-state index in [9.17, 15) is 4.79 Å². The van der Waals surface area contributed by atoms with Crippen molar-refractivity contribution in [1.29, 1.82) is 0 Å². The van der Waals surface area contributed by atoms with Gasteiger partial charge in [-0.3, -0.25) is 4.79 Å². The Hall–Kier alpha value is -0.870. The van der Waals surface area contributed by atoms with E-state index in [1.165, 1.54) is 0 Å². The number of halogens is 1. The first-order chi connectivity index (χ1) is 8.50. The van der Waals surface area contributed by atoms with Gasteiger partial charge in [-0.1, -0.05) is 48.0 Å². The highest BCUT2D eigenvalue weighted by Crippen LogP contribution is 2.22. The fourth-order valence-corrected chi connectivity index (χ4v) is 2.19. The van der Waals surface area contributed by atoms with E-state index in [2.05, 4.69) is 47.3 Å². The van der Waals surface area contributed by atoms with Crippen molar-refractivity contribution >= 4 is 21.8 Å². The van der Waals surface area contributed by atoms with Crippen molar-refractivity contribution in [3.05, 3.63) is 34.3 Å². The van der Waals surface area contributed by atoms with E-state index in [-0.39, 0.29) is 11.9 Å². The maximum atomic E-state index is 11.6. The van der Waals surface area contributed by atoms with Crippen LogP contribution in [0.2, 0.25) is 0 Å². The maximum Gasteiger partial charge on any atom is 0.233 e. The molecule has 1 amide bonds. The monoisotopic (exact) mass is 312 g/mol. The van der Waals surface area contributed by atoms with Crippen LogP contribution in [0.3, 0.4) is 0 Å². The van der Waals surface area contributed by atoms with Crippen LogP contribution in [0.15, 0.2) is 28.7 Å². The molecule has 0 saturated carbocycles. The minimum atomic E-state index is 0.0441. The molecule has 0 aliphatic rings. The topological polar surface area (TPSA) is 41.1 Å². The Bertz CT molecular complexity index is 393. The van der Waals surface area contributed by atoms with Gasteiger partial charge in [0.2, 0.25) is 5.91 Å². The van der Waals surface area contributed by atoms with E-state index in [1.807, 2.05) is 24.3 Å². The summed E-state index contributed by atoms with van der Waals surface area (Å²) >= 11 is 3.51. The Labute approximate surface area is 117 Å². The van der Waals surface area contributed by atoms with Gasteiger partial charge in [0, 0.05) is 17.1 Å². The zero-order valence-corrected chi connectivity index (χ0v) is 12.8. The third-order valence-electron chi connectivity index (χ3n) is 2.65. The Morgan fingerprint density at radius 3 is 2.56 bits per heavy atom. The molecule has 0 bridgehead atoms. The van der Waals surface area contributed by atoms with Gasteiger partial charge in [-0.25, -0.2) is 0 Å². The van der Waals surface area contributed by atoms with Crippen LogP contribution in [0.4, 0.5) is 0 Å². The smallest absolute Gasteiger partial charge is 0.233 e. The van der Waals surface area contributed by atoms with Crippen molar-refractivity contribution in [2.45, 2.75) is 26.8 Å². The molecule has 2 N–H and O–H groups in total. The second-order valence-electron chi connectivity index (χ2n) is 4.82. The lowest BCUT2D eigenvalue weighted by molar-refractivity contribution is -0.120. The van der Waals surface area contributed by atoms with E-state index >= 15 is 0 Å². The summed E-state index contributed by atoms with van der Waals surface area (Å²) in [5, 5.41) is 6.11. The van der Waals surface area contributed by atoms with E-state index < -0.39 is 0 Å². The van der Waals surface area contributed by atoms with Gasteiger partial charge in [-0.2, -0.15) is 0 Å². The first kappa shape index (κ1) is 15.2. The lowest BCUT2D eigenvalue weighted by Crippen LogP contribution is -2.36. The summed E-state index contributed by atoms with van der Waals surface area (Å²) in [5.74, 6) is 0.525. The molecule has 18 heavy (non-hydrogen) atoms. The number of carbonyl (C=O) groups is 1. The van der Waals surface area contributed by atoms with Gasteiger partial charge in [0.1, 0.15) is 0 Å². The molecule has 0 heterocycles. The first-order valence-electron chi connectivity index (χ1n) is 6.25. The van der Waals surface area contributed by atoms with Gasteiger partial charge in [0.25, 0.3) is 0 Å². The summed E-state index contributed by atoms with van der Waals surface area (Å²) in [6, 6.07) is 8.18. The summed E-state index contributed by atoms with van der Waals surface area (Å²) in [6.07, 6.45) is 0. The van der Waals surface area contributed by atoms with Crippen molar-refractivity contribution in [3.63, 3.8) is 0 Å². The van der Waals surface area contributed by atoms with Crippen molar-refractivity contribution in [3.8, 4) is 0 Å². The SMILES string of the molecule is CC(C)CNC(=O)CN[C@H](C)c1ccccc1Br. The summed E-state index contributed by atoms with van der Waals surface area (Å²) in [7, 11) is 0. The molecule has 1 atom stereocenters. The lowest BCUT2D eigenvalue weighted by Gasteiger charge is -2.16. The van der Waals surface area contributed by atoms with Crippen molar-refractivity contribution in [2.24, 2.45) is 5.92 Å². The van der Waals surface area contributed by atoms with E-state index in [0.29, 0.717) is 12.5 Å². The highest BCUT2D eigenvalue weighted by Gasteiger charge is 2.10. The van der Waals surface area contributed by atoms with Gasteiger partial charge in [0.05, 0.1) is 6.54 Å². The van der Waals surface area contributed by atoms with Gasteiger partial charge in [-0.15, -0.1) is 0 Å². The fraction of sp³-hybridized carbons (Fsp3) is 0.500. The van der Waals surface area contributed by atoms with Crippen molar-refractivity contribution in [1.82, 2.24) is 10.6 Å². The molecule has 0 unspecified atom stereocenters. The molecule has 1 aromatic rings. The van der Waals surface area contributed by atoms with E-state index in [4.69, 9.17) is 0 Å². The van der Waals surface area contributed by atoms with Crippen LogP contribution in [-0.2, 0) is 4.79 Å². The number of rotatable bonds is 6. The molecule has 0 aliphatic carbocycles. The number of hydrogen-bond acceptors (Lipinski definition) is 2. The molecule has 1 rings (SSSR count). The van der Waals surface area contributed by atoms with Crippen molar-refractivity contribution in [2.75, 3.05) is 13.1 Å². The lowest BCUT2D eigenvalue weighted by atomic mass is 10.1. The first-order valence-corrected chi connectivity index (χ1v) is 7.04. The quantitative estimate of drug-likeness (QED) is 0.848.